The van der Waals surface area contributed by atoms with Gasteiger partial charge in [-0.2, -0.15) is 10.4 Å². The molecule has 0 unspecified atom stereocenters. The summed E-state index contributed by atoms with van der Waals surface area (Å²) in [5.41, 5.74) is 7.43. The summed E-state index contributed by atoms with van der Waals surface area (Å²) in [4.78, 5) is 21.3. The highest BCUT2D eigenvalue weighted by Crippen LogP contribution is 2.24. The molecule has 0 bridgehead atoms. The Balaban J connectivity index is 1.49. The molecule has 2 N–H and O–H groups in total. The summed E-state index contributed by atoms with van der Waals surface area (Å²) >= 11 is 0. The lowest BCUT2D eigenvalue weighted by Crippen LogP contribution is -2.16. The molecule has 0 radical (unpaired) electrons. The van der Waals surface area contributed by atoms with Crippen molar-refractivity contribution in [1.29, 1.82) is 5.26 Å². The molecule has 33 heavy (non-hydrogen) atoms. The van der Waals surface area contributed by atoms with Crippen molar-refractivity contribution in [3.8, 4) is 17.3 Å². The smallest absolute Gasteiger partial charge is 0.270 e. The SMILES string of the molecule is Cc1ccc(N(C)c2ccc(C=NNc3nc(-c4ccccc4)c(C#N)c(=O)[nH]3)cc2)cc1. The van der Waals surface area contributed by atoms with Gasteiger partial charge in [-0.05, 0) is 36.8 Å². The average Bonchev–Trinajstić information content (AvgIpc) is 2.85. The summed E-state index contributed by atoms with van der Waals surface area (Å²) in [7, 11) is 2.02. The molecule has 0 saturated carbocycles. The Morgan fingerprint density at radius 2 is 1.64 bits per heavy atom. The Morgan fingerprint density at radius 3 is 2.27 bits per heavy atom. The first-order valence-corrected chi connectivity index (χ1v) is 10.3. The van der Waals surface area contributed by atoms with Gasteiger partial charge in [0.2, 0.25) is 5.95 Å². The molecule has 7 nitrogen and oxygen atoms in total. The van der Waals surface area contributed by atoms with E-state index in [9.17, 15) is 10.1 Å². The van der Waals surface area contributed by atoms with Crippen LogP contribution in [0.4, 0.5) is 17.3 Å². The third kappa shape index (κ3) is 4.97. The number of nitrogens with zero attached hydrogens (tertiary/aromatic N) is 4. The van der Waals surface area contributed by atoms with E-state index in [0.717, 1.165) is 16.9 Å². The monoisotopic (exact) mass is 434 g/mol. The Hall–Kier alpha value is -4.70. The molecule has 3 aromatic carbocycles. The minimum Gasteiger partial charge on any atom is -0.345 e. The van der Waals surface area contributed by atoms with E-state index in [0.29, 0.717) is 11.3 Å². The van der Waals surface area contributed by atoms with Crippen LogP contribution in [0, 0.1) is 18.3 Å². The van der Waals surface area contributed by atoms with E-state index in [2.05, 4.69) is 56.6 Å². The van der Waals surface area contributed by atoms with Crippen LogP contribution in [0.1, 0.15) is 16.7 Å². The number of nitrogens with one attached hydrogen (secondary N) is 2. The van der Waals surface area contributed by atoms with Gasteiger partial charge < -0.3 is 4.90 Å². The zero-order valence-electron chi connectivity index (χ0n) is 18.3. The molecular weight excluding hydrogens is 412 g/mol. The van der Waals surface area contributed by atoms with Crippen molar-refractivity contribution in [1.82, 2.24) is 9.97 Å². The van der Waals surface area contributed by atoms with Gasteiger partial charge in [-0.25, -0.2) is 10.4 Å². The Bertz CT molecular complexity index is 1370. The van der Waals surface area contributed by atoms with Gasteiger partial charge in [-0.3, -0.25) is 9.78 Å². The molecule has 0 fully saturated rings. The molecule has 4 rings (SSSR count). The van der Waals surface area contributed by atoms with Crippen LogP contribution in [0.3, 0.4) is 0 Å². The molecular formula is C26H22N6O. The normalized spacial score (nSPS) is 10.7. The van der Waals surface area contributed by atoms with E-state index in [1.165, 1.54) is 5.56 Å². The molecule has 1 aromatic heterocycles. The summed E-state index contributed by atoms with van der Waals surface area (Å²) in [6, 6.07) is 27.3. The number of rotatable bonds is 6. The van der Waals surface area contributed by atoms with Crippen molar-refractivity contribution < 1.29 is 0 Å². The van der Waals surface area contributed by atoms with E-state index in [1.54, 1.807) is 18.3 Å². The van der Waals surface area contributed by atoms with Gasteiger partial charge in [0.15, 0.2) is 0 Å². The van der Waals surface area contributed by atoms with Crippen LogP contribution in [-0.4, -0.2) is 23.2 Å². The number of benzene rings is 3. The maximum absolute atomic E-state index is 12.3. The lowest BCUT2D eigenvalue weighted by Gasteiger charge is -2.19. The van der Waals surface area contributed by atoms with Gasteiger partial charge in [0.1, 0.15) is 11.6 Å². The van der Waals surface area contributed by atoms with Gasteiger partial charge in [-0.15, -0.1) is 0 Å². The van der Waals surface area contributed by atoms with Crippen molar-refractivity contribution in [2.24, 2.45) is 5.10 Å². The summed E-state index contributed by atoms with van der Waals surface area (Å²) in [5.74, 6) is 0.157. The average molecular weight is 435 g/mol. The Labute approximate surface area is 191 Å². The maximum Gasteiger partial charge on any atom is 0.270 e. The van der Waals surface area contributed by atoms with E-state index < -0.39 is 5.56 Å². The lowest BCUT2D eigenvalue weighted by molar-refractivity contribution is 1.08. The number of H-pyrrole nitrogens is 1. The predicted octanol–water partition coefficient (Wildman–Crippen LogP) is 4.83. The molecule has 0 saturated heterocycles. The summed E-state index contributed by atoms with van der Waals surface area (Å²) < 4.78 is 0. The number of hydrogen-bond donors (Lipinski definition) is 2. The first-order valence-electron chi connectivity index (χ1n) is 10.3. The number of hydrogen-bond acceptors (Lipinski definition) is 6. The Kier molecular flexibility index (Phi) is 6.28. The fraction of sp³-hybridized carbons (Fsp3) is 0.0769. The predicted molar refractivity (Wildman–Crippen MR) is 132 cm³/mol. The zero-order valence-corrected chi connectivity index (χ0v) is 18.3. The second-order valence-corrected chi connectivity index (χ2v) is 7.47. The van der Waals surface area contributed by atoms with Crippen LogP contribution >= 0.6 is 0 Å². The van der Waals surface area contributed by atoms with Crippen molar-refractivity contribution in [2.75, 3.05) is 17.4 Å². The zero-order chi connectivity index (χ0) is 23.2. The molecule has 0 spiro atoms. The number of aromatic amines is 1. The summed E-state index contributed by atoms with van der Waals surface area (Å²) in [6.07, 6.45) is 1.63. The quantitative estimate of drug-likeness (QED) is 0.335. The number of nitriles is 1. The summed E-state index contributed by atoms with van der Waals surface area (Å²) in [6.45, 7) is 2.07. The Morgan fingerprint density at radius 1 is 1.00 bits per heavy atom. The highest BCUT2D eigenvalue weighted by molar-refractivity contribution is 5.81. The van der Waals surface area contributed by atoms with Gasteiger partial charge >= 0.3 is 0 Å². The highest BCUT2D eigenvalue weighted by atomic mass is 16.1. The molecule has 162 valence electrons. The molecule has 0 aliphatic rings. The van der Waals surface area contributed by atoms with Crippen molar-refractivity contribution in [3.05, 3.63) is 106 Å². The van der Waals surface area contributed by atoms with Crippen LogP contribution in [0.5, 0.6) is 0 Å². The first kappa shape index (κ1) is 21.5. The van der Waals surface area contributed by atoms with E-state index >= 15 is 0 Å². The van der Waals surface area contributed by atoms with Crippen LogP contribution in [0.25, 0.3) is 11.3 Å². The minimum atomic E-state index is -0.521. The molecule has 0 aliphatic heterocycles. The van der Waals surface area contributed by atoms with Crippen molar-refractivity contribution in [3.63, 3.8) is 0 Å². The standard InChI is InChI=1S/C26H22N6O/c1-18-8-12-21(13-9-18)32(2)22-14-10-19(11-15-22)17-28-31-26-29-24(20-6-4-3-5-7-20)23(16-27)25(33)30-26/h3-15,17H,1-2H3,(H2,29,30,31,33). The molecule has 4 aromatic rings. The second kappa shape index (κ2) is 9.62. The van der Waals surface area contributed by atoms with Gasteiger partial charge in [0.25, 0.3) is 5.56 Å². The van der Waals surface area contributed by atoms with E-state index in [4.69, 9.17) is 0 Å². The van der Waals surface area contributed by atoms with Crippen LogP contribution in [-0.2, 0) is 0 Å². The highest BCUT2D eigenvalue weighted by Gasteiger charge is 2.12. The largest absolute Gasteiger partial charge is 0.345 e. The maximum atomic E-state index is 12.3. The number of aryl methyl sites for hydroxylation is 1. The molecule has 0 atom stereocenters. The lowest BCUT2D eigenvalue weighted by atomic mass is 10.1. The van der Waals surface area contributed by atoms with E-state index in [1.807, 2.05) is 55.6 Å². The van der Waals surface area contributed by atoms with E-state index in [-0.39, 0.29) is 11.5 Å². The third-order valence-electron chi connectivity index (χ3n) is 5.16. The molecule has 1 heterocycles. The third-order valence-corrected chi connectivity index (χ3v) is 5.16. The fourth-order valence-electron chi connectivity index (χ4n) is 3.30. The van der Waals surface area contributed by atoms with Gasteiger partial charge in [-0.1, -0.05) is 60.2 Å². The molecule has 0 aliphatic carbocycles. The fourth-order valence-corrected chi connectivity index (χ4v) is 3.30. The number of hydrazone groups is 1. The van der Waals surface area contributed by atoms with Gasteiger partial charge in [0, 0.05) is 24.0 Å². The topological polar surface area (TPSA) is 97.2 Å². The summed E-state index contributed by atoms with van der Waals surface area (Å²) in [5, 5.41) is 13.5. The van der Waals surface area contributed by atoms with Crippen molar-refractivity contribution >= 4 is 23.5 Å². The van der Waals surface area contributed by atoms with Crippen LogP contribution in [0.15, 0.2) is 88.8 Å². The van der Waals surface area contributed by atoms with Crippen LogP contribution < -0.4 is 15.9 Å². The molecule has 7 heteroatoms. The molecule has 0 amide bonds. The number of aromatic nitrogens is 2. The minimum absolute atomic E-state index is 0.0379. The van der Waals surface area contributed by atoms with Crippen LogP contribution in [0.2, 0.25) is 0 Å². The second-order valence-electron chi connectivity index (χ2n) is 7.47. The first-order chi connectivity index (χ1) is 16.0. The van der Waals surface area contributed by atoms with Crippen molar-refractivity contribution in [2.45, 2.75) is 6.92 Å². The number of anilines is 3. The van der Waals surface area contributed by atoms with Gasteiger partial charge in [0.05, 0.1) is 11.9 Å².